The molecule has 2 atom stereocenters. The number of rotatable bonds is 5. The fourth-order valence-electron chi connectivity index (χ4n) is 3.50. The van der Waals surface area contributed by atoms with Crippen molar-refractivity contribution in [2.45, 2.75) is 97.2 Å². The van der Waals surface area contributed by atoms with Gasteiger partial charge in [0.1, 0.15) is 5.60 Å². The number of hydrogen-bond acceptors (Lipinski definition) is 3. The molecule has 2 unspecified atom stereocenters. The SMILES string of the molecule is CC1(C)CCCC(NC(CNC(=O)OC(C)(C)C)C2CC2)CC1. The number of carbonyl (C=O) groups excluding carboxylic acids is 1. The van der Waals surface area contributed by atoms with Crippen LogP contribution in [-0.2, 0) is 4.74 Å². The topological polar surface area (TPSA) is 50.4 Å². The van der Waals surface area contributed by atoms with Crippen LogP contribution in [0.2, 0.25) is 0 Å². The Hall–Kier alpha value is -0.770. The van der Waals surface area contributed by atoms with E-state index in [1.54, 1.807) is 0 Å². The zero-order valence-corrected chi connectivity index (χ0v) is 15.7. The Balaban J connectivity index is 1.79. The second-order valence-electron chi connectivity index (χ2n) is 9.29. The van der Waals surface area contributed by atoms with Gasteiger partial charge in [-0.2, -0.15) is 0 Å². The summed E-state index contributed by atoms with van der Waals surface area (Å²) in [5.74, 6) is 0.723. The smallest absolute Gasteiger partial charge is 0.407 e. The van der Waals surface area contributed by atoms with Gasteiger partial charge in [0, 0.05) is 18.6 Å². The predicted molar refractivity (Wildman–Crippen MR) is 94.5 cm³/mol. The molecule has 0 bridgehead atoms. The third-order valence-corrected chi connectivity index (χ3v) is 5.08. The molecular formula is C19H36N2O2. The van der Waals surface area contributed by atoms with E-state index in [9.17, 15) is 4.79 Å². The van der Waals surface area contributed by atoms with Crippen LogP contribution in [-0.4, -0.2) is 30.3 Å². The summed E-state index contributed by atoms with van der Waals surface area (Å²) in [6.45, 7) is 11.2. The Labute approximate surface area is 142 Å². The second kappa shape index (κ2) is 7.42. The normalized spacial score (nSPS) is 26.2. The van der Waals surface area contributed by atoms with Gasteiger partial charge in [-0.05, 0) is 70.6 Å². The lowest BCUT2D eigenvalue weighted by Crippen LogP contribution is -2.47. The van der Waals surface area contributed by atoms with Crippen molar-refractivity contribution in [3.05, 3.63) is 0 Å². The molecular weight excluding hydrogens is 288 g/mol. The van der Waals surface area contributed by atoms with Gasteiger partial charge >= 0.3 is 6.09 Å². The maximum absolute atomic E-state index is 11.9. The highest BCUT2D eigenvalue weighted by Crippen LogP contribution is 2.36. The van der Waals surface area contributed by atoms with Crippen molar-refractivity contribution in [2.24, 2.45) is 11.3 Å². The zero-order chi connectivity index (χ0) is 17.1. The Kier molecular flexibility index (Phi) is 5.99. The summed E-state index contributed by atoms with van der Waals surface area (Å²) in [5.41, 5.74) is 0.0553. The molecule has 2 aliphatic carbocycles. The van der Waals surface area contributed by atoms with Gasteiger partial charge in [0.2, 0.25) is 0 Å². The summed E-state index contributed by atoms with van der Waals surface area (Å²) in [7, 11) is 0. The molecule has 0 saturated heterocycles. The first-order valence-electron chi connectivity index (χ1n) is 9.37. The van der Waals surface area contributed by atoms with Crippen molar-refractivity contribution in [2.75, 3.05) is 6.54 Å². The average Bonchev–Trinajstić information content (AvgIpc) is 3.21. The summed E-state index contributed by atoms with van der Waals surface area (Å²) in [4.78, 5) is 11.9. The lowest BCUT2D eigenvalue weighted by molar-refractivity contribution is 0.0520. The average molecular weight is 325 g/mol. The lowest BCUT2D eigenvalue weighted by atomic mass is 9.85. The molecule has 0 radical (unpaired) electrons. The van der Waals surface area contributed by atoms with Gasteiger partial charge in [-0.25, -0.2) is 4.79 Å². The molecule has 0 aromatic heterocycles. The van der Waals surface area contributed by atoms with E-state index in [1.165, 1.54) is 44.9 Å². The van der Waals surface area contributed by atoms with Crippen LogP contribution in [0, 0.1) is 11.3 Å². The molecule has 2 fully saturated rings. The third kappa shape index (κ3) is 7.11. The number of carbonyl (C=O) groups is 1. The lowest BCUT2D eigenvalue weighted by Gasteiger charge is -2.27. The van der Waals surface area contributed by atoms with Gasteiger partial charge < -0.3 is 15.4 Å². The summed E-state index contributed by atoms with van der Waals surface area (Å²) in [6, 6.07) is 0.997. The summed E-state index contributed by atoms with van der Waals surface area (Å²) in [6.07, 6.45) is 8.71. The van der Waals surface area contributed by atoms with E-state index in [4.69, 9.17) is 4.74 Å². The van der Waals surface area contributed by atoms with Crippen LogP contribution in [0.25, 0.3) is 0 Å². The van der Waals surface area contributed by atoms with Gasteiger partial charge in [-0.1, -0.05) is 20.3 Å². The van der Waals surface area contributed by atoms with Crippen LogP contribution in [0.15, 0.2) is 0 Å². The molecule has 0 aromatic carbocycles. The number of ether oxygens (including phenoxy) is 1. The molecule has 4 heteroatoms. The van der Waals surface area contributed by atoms with E-state index >= 15 is 0 Å². The zero-order valence-electron chi connectivity index (χ0n) is 15.7. The van der Waals surface area contributed by atoms with E-state index in [-0.39, 0.29) is 6.09 Å². The summed E-state index contributed by atoms with van der Waals surface area (Å²) < 4.78 is 5.35. The Bertz CT molecular complexity index is 397. The van der Waals surface area contributed by atoms with E-state index in [0.717, 1.165) is 5.92 Å². The van der Waals surface area contributed by atoms with Crippen molar-refractivity contribution in [1.29, 1.82) is 0 Å². The fourth-order valence-corrected chi connectivity index (χ4v) is 3.50. The molecule has 2 rings (SSSR count). The molecule has 23 heavy (non-hydrogen) atoms. The van der Waals surface area contributed by atoms with E-state index in [1.807, 2.05) is 20.8 Å². The highest BCUT2D eigenvalue weighted by molar-refractivity contribution is 5.67. The van der Waals surface area contributed by atoms with Gasteiger partial charge in [-0.3, -0.25) is 0 Å². The van der Waals surface area contributed by atoms with Crippen molar-refractivity contribution in [3.63, 3.8) is 0 Å². The number of amides is 1. The summed E-state index contributed by atoms with van der Waals surface area (Å²) >= 11 is 0. The first kappa shape index (κ1) is 18.6. The highest BCUT2D eigenvalue weighted by Gasteiger charge is 2.34. The largest absolute Gasteiger partial charge is 0.444 e. The Morgan fingerprint density at radius 2 is 1.87 bits per heavy atom. The van der Waals surface area contributed by atoms with E-state index < -0.39 is 5.60 Å². The van der Waals surface area contributed by atoms with Crippen molar-refractivity contribution in [1.82, 2.24) is 10.6 Å². The van der Waals surface area contributed by atoms with Gasteiger partial charge in [0.25, 0.3) is 0 Å². The minimum Gasteiger partial charge on any atom is -0.444 e. The van der Waals surface area contributed by atoms with Crippen molar-refractivity contribution in [3.8, 4) is 0 Å². The molecule has 2 saturated carbocycles. The van der Waals surface area contributed by atoms with Gasteiger partial charge in [-0.15, -0.1) is 0 Å². The Morgan fingerprint density at radius 3 is 2.48 bits per heavy atom. The minimum absolute atomic E-state index is 0.299. The predicted octanol–water partition coefficient (Wildman–Crippen LogP) is 4.24. The number of hydrogen-bond donors (Lipinski definition) is 2. The van der Waals surface area contributed by atoms with Crippen LogP contribution in [0.5, 0.6) is 0 Å². The highest BCUT2D eigenvalue weighted by atomic mass is 16.6. The fraction of sp³-hybridized carbons (Fsp3) is 0.947. The second-order valence-corrected chi connectivity index (χ2v) is 9.29. The third-order valence-electron chi connectivity index (χ3n) is 5.08. The molecule has 0 heterocycles. The van der Waals surface area contributed by atoms with Crippen molar-refractivity contribution >= 4 is 6.09 Å². The maximum atomic E-state index is 11.9. The van der Waals surface area contributed by atoms with Crippen molar-refractivity contribution < 1.29 is 9.53 Å². The van der Waals surface area contributed by atoms with Crippen LogP contribution in [0.3, 0.4) is 0 Å². The van der Waals surface area contributed by atoms with E-state index in [2.05, 4.69) is 24.5 Å². The molecule has 134 valence electrons. The first-order valence-corrected chi connectivity index (χ1v) is 9.37. The molecule has 0 spiro atoms. The molecule has 0 aromatic rings. The number of alkyl carbamates (subject to hydrolysis) is 1. The van der Waals surface area contributed by atoms with Crippen LogP contribution in [0.1, 0.15) is 79.6 Å². The minimum atomic E-state index is -0.431. The molecule has 2 N–H and O–H groups in total. The quantitative estimate of drug-likeness (QED) is 0.744. The monoisotopic (exact) mass is 324 g/mol. The number of nitrogens with one attached hydrogen (secondary N) is 2. The van der Waals surface area contributed by atoms with Crippen LogP contribution >= 0.6 is 0 Å². The Morgan fingerprint density at radius 1 is 1.17 bits per heavy atom. The molecule has 4 nitrogen and oxygen atoms in total. The van der Waals surface area contributed by atoms with Gasteiger partial charge in [0.05, 0.1) is 0 Å². The molecule has 0 aliphatic heterocycles. The van der Waals surface area contributed by atoms with Gasteiger partial charge in [0.15, 0.2) is 0 Å². The van der Waals surface area contributed by atoms with Crippen LogP contribution in [0.4, 0.5) is 4.79 Å². The van der Waals surface area contributed by atoms with E-state index in [0.29, 0.717) is 24.0 Å². The molecule has 2 aliphatic rings. The van der Waals surface area contributed by atoms with Crippen LogP contribution < -0.4 is 10.6 Å². The first-order chi connectivity index (χ1) is 10.6. The maximum Gasteiger partial charge on any atom is 0.407 e. The molecule has 1 amide bonds. The standard InChI is InChI=1S/C19H36N2O2/c1-18(2,3)23-17(22)20-13-16(14-8-9-14)21-15-7-6-11-19(4,5)12-10-15/h14-16,21H,6-13H2,1-5H3,(H,20,22). The summed E-state index contributed by atoms with van der Waals surface area (Å²) in [5, 5.41) is 6.80.